The Morgan fingerprint density at radius 2 is 1.61 bits per heavy atom. The van der Waals surface area contributed by atoms with Crippen molar-refractivity contribution in [1.82, 2.24) is 5.32 Å². The van der Waals surface area contributed by atoms with Crippen molar-refractivity contribution in [1.29, 1.82) is 0 Å². The zero-order valence-electron chi connectivity index (χ0n) is 15.7. The number of carbonyl (C=O) groups is 1. The standard InChI is InChI=1S/C24H23N3O/c28-24-16-26-21-11-10-18(14-22(21)27-13-12-25-15-23(24)27)20-9-5-4-8-19(20)17-6-2-1-3-7-17/h1-11,14,23,25-26H,12-13,15-16H2. The monoisotopic (exact) mass is 369 g/mol. The van der Waals surface area contributed by atoms with Crippen LogP contribution in [0.2, 0.25) is 0 Å². The fourth-order valence-corrected chi connectivity index (χ4v) is 4.27. The van der Waals surface area contributed by atoms with E-state index in [0.29, 0.717) is 13.1 Å². The zero-order chi connectivity index (χ0) is 18.9. The van der Waals surface area contributed by atoms with E-state index < -0.39 is 0 Å². The number of Topliss-reactive ketones (excluding diaryl/α,β-unsaturated/α-hetero) is 1. The van der Waals surface area contributed by atoms with Gasteiger partial charge in [-0.05, 0) is 34.4 Å². The van der Waals surface area contributed by atoms with Crippen molar-refractivity contribution in [3.8, 4) is 22.3 Å². The molecule has 0 radical (unpaired) electrons. The summed E-state index contributed by atoms with van der Waals surface area (Å²) in [5.41, 5.74) is 6.97. The molecule has 0 aromatic heterocycles. The number of fused-ring (bicyclic) bond motifs is 3. The molecule has 4 nitrogen and oxygen atoms in total. The maximum Gasteiger partial charge on any atom is 0.175 e. The first-order chi connectivity index (χ1) is 13.8. The molecule has 3 aromatic rings. The average Bonchev–Trinajstić information content (AvgIpc) is 2.91. The van der Waals surface area contributed by atoms with Crippen LogP contribution in [0.3, 0.4) is 0 Å². The third-order valence-electron chi connectivity index (χ3n) is 5.70. The van der Waals surface area contributed by atoms with Crippen LogP contribution in [-0.2, 0) is 4.79 Å². The molecule has 0 bridgehead atoms. The molecule has 3 aromatic carbocycles. The number of ketones is 1. The molecule has 2 N–H and O–H groups in total. The van der Waals surface area contributed by atoms with Gasteiger partial charge in [-0.2, -0.15) is 0 Å². The summed E-state index contributed by atoms with van der Waals surface area (Å²) in [5, 5.41) is 6.70. The number of hydrogen-bond acceptors (Lipinski definition) is 4. The van der Waals surface area contributed by atoms with Crippen molar-refractivity contribution in [2.45, 2.75) is 6.04 Å². The maximum atomic E-state index is 12.6. The largest absolute Gasteiger partial charge is 0.376 e. The van der Waals surface area contributed by atoms with Gasteiger partial charge < -0.3 is 15.5 Å². The molecule has 1 fully saturated rings. The fourth-order valence-electron chi connectivity index (χ4n) is 4.27. The molecule has 0 saturated carbocycles. The van der Waals surface area contributed by atoms with Gasteiger partial charge in [0.25, 0.3) is 0 Å². The van der Waals surface area contributed by atoms with Crippen LogP contribution in [0.5, 0.6) is 0 Å². The number of anilines is 2. The summed E-state index contributed by atoms with van der Waals surface area (Å²) in [7, 11) is 0. The molecular formula is C24H23N3O. The van der Waals surface area contributed by atoms with Crippen LogP contribution in [0.25, 0.3) is 22.3 Å². The van der Waals surface area contributed by atoms with Crippen LogP contribution in [0.15, 0.2) is 72.8 Å². The minimum atomic E-state index is -0.0953. The number of benzene rings is 3. The van der Waals surface area contributed by atoms with Crippen molar-refractivity contribution in [3.63, 3.8) is 0 Å². The lowest BCUT2D eigenvalue weighted by Gasteiger charge is -2.36. The summed E-state index contributed by atoms with van der Waals surface area (Å²) >= 11 is 0. The number of nitrogens with zero attached hydrogens (tertiary/aromatic N) is 1. The van der Waals surface area contributed by atoms with E-state index in [1.54, 1.807) is 0 Å². The second-order valence-electron chi connectivity index (χ2n) is 7.38. The third kappa shape index (κ3) is 2.96. The number of rotatable bonds is 2. The van der Waals surface area contributed by atoms with E-state index in [0.717, 1.165) is 24.5 Å². The topological polar surface area (TPSA) is 44.4 Å². The van der Waals surface area contributed by atoms with Crippen LogP contribution in [-0.4, -0.2) is 38.0 Å². The molecule has 5 rings (SSSR count). The Hall–Kier alpha value is -3.11. The van der Waals surface area contributed by atoms with E-state index in [-0.39, 0.29) is 11.8 Å². The molecule has 0 aliphatic carbocycles. The summed E-state index contributed by atoms with van der Waals surface area (Å²) < 4.78 is 0. The first-order valence-corrected chi connectivity index (χ1v) is 9.84. The van der Waals surface area contributed by atoms with Crippen molar-refractivity contribution in [2.24, 2.45) is 0 Å². The third-order valence-corrected chi connectivity index (χ3v) is 5.70. The van der Waals surface area contributed by atoms with E-state index in [1.807, 2.05) is 6.07 Å². The molecule has 1 saturated heterocycles. The smallest absolute Gasteiger partial charge is 0.175 e. The Morgan fingerprint density at radius 3 is 2.43 bits per heavy atom. The number of carbonyl (C=O) groups excluding carboxylic acids is 1. The SMILES string of the molecule is O=C1CNc2ccc(-c3ccccc3-c3ccccc3)cc2N2CCNCC12. The fraction of sp³-hybridized carbons (Fsp3) is 0.208. The van der Waals surface area contributed by atoms with Gasteiger partial charge >= 0.3 is 0 Å². The molecule has 0 amide bonds. The second kappa shape index (κ2) is 7.13. The summed E-state index contributed by atoms with van der Waals surface area (Å²) in [6.45, 7) is 2.84. The Morgan fingerprint density at radius 1 is 0.857 bits per heavy atom. The highest BCUT2D eigenvalue weighted by molar-refractivity contribution is 5.96. The van der Waals surface area contributed by atoms with Gasteiger partial charge in [-0.1, -0.05) is 60.7 Å². The molecule has 2 aliphatic rings. The lowest BCUT2D eigenvalue weighted by atomic mass is 9.94. The molecule has 2 heterocycles. The first-order valence-electron chi connectivity index (χ1n) is 9.84. The molecule has 4 heteroatoms. The average molecular weight is 369 g/mol. The van der Waals surface area contributed by atoms with Gasteiger partial charge in [0, 0.05) is 19.6 Å². The van der Waals surface area contributed by atoms with Gasteiger partial charge in [0.1, 0.15) is 6.04 Å². The van der Waals surface area contributed by atoms with Crippen molar-refractivity contribution in [3.05, 3.63) is 72.8 Å². The first kappa shape index (κ1) is 17.0. The maximum absolute atomic E-state index is 12.6. The number of hydrogen-bond donors (Lipinski definition) is 2. The van der Waals surface area contributed by atoms with E-state index in [9.17, 15) is 4.79 Å². The van der Waals surface area contributed by atoms with Crippen molar-refractivity contribution >= 4 is 17.2 Å². The minimum absolute atomic E-state index is 0.0953. The van der Waals surface area contributed by atoms with E-state index in [4.69, 9.17) is 0 Å². The Kier molecular flexibility index (Phi) is 4.34. The minimum Gasteiger partial charge on any atom is -0.376 e. The van der Waals surface area contributed by atoms with Gasteiger partial charge in [-0.3, -0.25) is 4.79 Å². The van der Waals surface area contributed by atoms with Gasteiger partial charge in [-0.25, -0.2) is 0 Å². The highest BCUT2D eigenvalue weighted by atomic mass is 16.1. The lowest BCUT2D eigenvalue weighted by molar-refractivity contribution is -0.118. The normalized spacial score (nSPS) is 18.6. The predicted molar refractivity (Wildman–Crippen MR) is 115 cm³/mol. The van der Waals surface area contributed by atoms with Crippen LogP contribution in [0, 0.1) is 0 Å². The van der Waals surface area contributed by atoms with Crippen LogP contribution in [0.1, 0.15) is 0 Å². The molecule has 2 aliphatic heterocycles. The molecule has 1 atom stereocenters. The second-order valence-corrected chi connectivity index (χ2v) is 7.38. The molecule has 0 spiro atoms. The highest BCUT2D eigenvalue weighted by Gasteiger charge is 2.32. The van der Waals surface area contributed by atoms with E-state index in [1.165, 1.54) is 22.3 Å². The van der Waals surface area contributed by atoms with Crippen LogP contribution in [0.4, 0.5) is 11.4 Å². The van der Waals surface area contributed by atoms with Crippen molar-refractivity contribution < 1.29 is 4.79 Å². The summed E-state index contributed by atoms with van der Waals surface area (Å²) in [6, 6.07) is 25.4. The summed E-state index contributed by atoms with van der Waals surface area (Å²) in [5.74, 6) is 0.245. The Labute approximate surface area is 165 Å². The Balaban J connectivity index is 1.62. The van der Waals surface area contributed by atoms with E-state index in [2.05, 4.69) is 82.3 Å². The zero-order valence-corrected chi connectivity index (χ0v) is 15.7. The van der Waals surface area contributed by atoms with Gasteiger partial charge in [-0.15, -0.1) is 0 Å². The highest BCUT2D eigenvalue weighted by Crippen LogP contribution is 2.38. The lowest BCUT2D eigenvalue weighted by Crippen LogP contribution is -2.55. The predicted octanol–water partition coefficient (Wildman–Crippen LogP) is 3.79. The molecule has 28 heavy (non-hydrogen) atoms. The van der Waals surface area contributed by atoms with Gasteiger partial charge in [0.05, 0.1) is 17.9 Å². The quantitative estimate of drug-likeness (QED) is 0.721. The number of piperazine rings is 1. The van der Waals surface area contributed by atoms with Crippen molar-refractivity contribution in [2.75, 3.05) is 36.4 Å². The van der Waals surface area contributed by atoms with E-state index >= 15 is 0 Å². The summed E-state index contributed by atoms with van der Waals surface area (Å²) in [6.07, 6.45) is 0. The van der Waals surface area contributed by atoms with Gasteiger partial charge in [0.15, 0.2) is 5.78 Å². The van der Waals surface area contributed by atoms with Gasteiger partial charge in [0.2, 0.25) is 0 Å². The number of nitrogens with one attached hydrogen (secondary N) is 2. The molecular weight excluding hydrogens is 346 g/mol. The summed E-state index contributed by atoms with van der Waals surface area (Å²) in [4.78, 5) is 14.8. The molecule has 1 unspecified atom stereocenters. The van der Waals surface area contributed by atoms with Crippen LogP contribution >= 0.6 is 0 Å². The Bertz CT molecular complexity index is 1020. The van der Waals surface area contributed by atoms with Crippen LogP contribution < -0.4 is 15.5 Å². The molecule has 140 valence electrons.